The van der Waals surface area contributed by atoms with E-state index in [1.165, 1.54) is 15.0 Å². The fourth-order valence-corrected chi connectivity index (χ4v) is 1.87. The maximum absolute atomic E-state index is 9.87. The molecule has 10 heteroatoms. The van der Waals surface area contributed by atoms with Crippen LogP contribution in [0.5, 0.6) is 0 Å². The largest absolute Gasteiger partial charge is 0.436 e. The molecule has 8 nitrogen and oxygen atoms in total. The van der Waals surface area contributed by atoms with Crippen LogP contribution in [0.3, 0.4) is 0 Å². The lowest BCUT2D eigenvalue weighted by Crippen LogP contribution is -2.55. The normalized spacial score (nSPS) is 23.2. The Morgan fingerprint density at radius 1 is 1.00 bits per heavy atom. The van der Waals surface area contributed by atoms with Crippen LogP contribution >= 0.6 is 12.9 Å². The van der Waals surface area contributed by atoms with Gasteiger partial charge in [-0.3, -0.25) is 0 Å². The average Bonchev–Trinajstić information content (AvgIpc) is 2.39. The molecular weight excluding hydrogens is 279 g/mol. The number of thiol groups is 1. The zero-order chi connectivity index (χ0) is 15.2. The van der Waals surface area contributed by atoms with E-state index in [-0.39, 0.29) is 0 Å². The van der Waals surface area contributed by atoms with Crippen molar-refractivity contribution in [3.05, 3.63) is 0 Å². The molecule has 0 rings (SSSR count). The molecule has 0 aliphatic rings. The second-order valence-corrected chi connectivity index (χ2v) is 4.44. The third-order valence-corrected chi connectivity index (χ3v) is 3.06. The Morgan fingerprint density at radius 2 is 1.47 bits per heavy atom. The van der Waals surface area contributed by atoms with Gasteiger partial charge in [0.25, 0.3) is 8.05 Å². The second kappa shape index (κ2) is 9.11. The van der Waals surface area contributed by atoms with Crippen molar-refractivity contribution in [1.82, 2.24) is 0 Å². The van der Waals surface area contributed by atoms with Gasteiger partial charge in [0.15, 0.2) is 0 Å². The van der Waals surface area contributed by atoms with E-state index < -0.39 is 49.3 Å². The number of aliphatic hydroxyl groups excluding tert-OH is 6. The van der Waals surface area contributed by atoms with E-state index in [9.17, 15) is 25.5 Å². The minimum atomic E-state index is -1.70. The zero-order valence-electron chi connectivity index (χ0n) is 10.7. The SMILES string of the molecule is BOC(C(O)CO)C(O)C(O)C(OS)C(O)C(C)O. The van der Waals surface area contributed by atoms with E-state index in [0.29, 0.717) is 0 Å². The van der Waals surface area contributed by atoms with Gasteiger partial charge in [-0.15, -0.1) is 0 Å². The fourth-order valence-electron chi connectivity index (χ4n) is 1.62. The lowest BCUT2D eigenvalue weighted by molar-refractivity contribution is -0.151. The molecule has 0 amide bonds. The maximum atomic E-state index is 9.87. The summed E-state index contributed by atoms with van der Waals surface area (Å²) in [4.78, 5) is 0. The molecule has 0 saturated carbocycles. The van der Waals surface area contributed by atoms with Crippen LogP contribution < -0.4 is 0 Å². The lowest BCUT2D eigenvalue weighted by Gasteiger charge is -2.34. The van der Waals surface area contributed by atoms with Crippen molar-refractivity contribution in [2.24, 2.45) is 0 Å². The Hall–Kier alpha value is 0.0949. The quantitative estimate of drug-likeness (QED) is 0.130. The summed E-state index contributed by atoms with van der Waals surface area (Å²) in [5, 5.41) is 56.8. The molecule has 0 aromatic heterocycles. The number of hydrogen-bond donors (Lipinski definition) is 7. The molecule has 0 radical (unpaired) electrons. The first kappa shape index (κ1) is 19.1. The minimum absolute atomic E-state index is 0.687. The van der Waals surface area contributed by atoms with Crippen LogP contribution in [0, 0.1) is 0 Å². The highest BCUT2D eigenvalue weighted by molar-refractivity contribution is 7.75. The average molecular weight is 300 g/mol. The maximum Gasteiger partial charge on any atom is 0.257 e. The molecule has 0 aliphatic heterocycles. The van der Waals surface area contributed by atoms with Crippen LogP contribution in [-0.4, -0.2) is 88.0 Å². The summed E-state index contributed by atoms with van der Waals surface area (Å²) in [6.07, 6.45) is -10.3. The van der Waals surface area contributed by atoms with Gasteiger partial charge in [0.2, 0.25) is 0 Å². The molecule has 0 aliphatic carbocycles. The Kier molecular flexibility index (Phi) is 9.15. The predicted molar refractivity (Wildman–Crippen MR) is 70.1 cm³/mol. The Morgan fingerprint density at radius 3 is 1.79 bits per heavy atom. The van der Waals surface area contributed by atoms with Gasteiger partial charge < -0.3 is 39.5 Å². The summed E-state index contributed by atoms with van der Waals surface area (Å²) in [6.45, 7) is 0.577. The van der Waals surface area contributed by atoms with Gasteiger partial charge >= 0.3 is 0 Å². The van der Waals surface area contributed by atoms with E-state index >= 15 is 0 Å². The van der Waals surface area contributed by atoms with Crippen molar-refractivity contribution >= 4 is 21.0 Å². The number of aliphatic hydroxyl groups is 6. The summed E-state index contributed by atoms with van der Waals surface area (Å²) < 4.78 is 9.32. The third-order valence-electron chi connectivity index (χ3n) is 2.81. The first-order valence-electron chi connectivity index (χ1n) is 5.66. The van der Waals surface area contributed by atoms with Crippen molar-refractivity contribution < 1.29 is 39.5 Å². The first-order chi connectivity index (χ1) is 8.81. The van der Waals surface area contributed by atoms with Gasteiger partial charge in [-0.2, -0.15) is 0 Å². The Bertz CT molecular complexity index is 246. The highest BCUT2D eigenvalue weighted by atomic mass is 32.1. The molecule has 114 valence electrons. The molecule has 0 aromatic carbocycles. The van der Waals surface area contributed by atoms with Gasteiger partial charge in [0, 0.05) is 0 Å². The lowest BCUT2D eigenvalue weighted by atomic mass is 9.94. The van der Waals surface area contributed by atoms with Crippen molar-refractivity contribution in [2.45, 2.75) is 49.7 Å². The van der Waals surface area contributed by atoms with E-state index in [4.69, 9.17) is 9.76 Å². The molecule has 0 heterocycles. The molecule has 0 bridgehead atoms. The summed E-state index contributed by atoms with van der Waals surface area (Å²) in [7, 11) is 1.17. The summed E-state index contributed by atoms with van der Waals surface area (Å²) in [5.74, 6) is 0. The molecule has 0 fully saturated rings. The van der Waals surface area contributed by atoms with Gasteiger partial charge in [0.05, 0.1) is 18.8 Å². The molecule has 0 aromatic rings. The number of hydrogen-bond acceptors (Lipinski definition) is 9. The first-order valence-corrected chi connectivity index (χ1v) is 6.02. The molecule has 6 N–H and O–H groups in total. The summed E-state index contributed by atoms with van der Waals surface area (Å²) >= 11 is 3.46. The van der Waals surface area contributed by atoms with E-state index in [2.05, 4.69) is 17.1 Å². The monoisotopic (exact) mass is 300 g/mol. The molecule has 0 spiro atoms. The topological polar surface area (TPSA) is 140 Å². The van der Waals surface area contributed by atoms with E-state index in [0.717, 1.165) is 0 Å². The zero-order valence-corrected chi connectivity index (χ0v) is 11.6. The van der Waals surface area contributed by atoms with Gasteiger partial charge in [0.1, 0.15) is 30.5 Å². The van der Waals surface area contributed by atoms with Crippen LogP contribution in [0.2, 0.25) is 0 Å². The minimum Gasteiger partial charge on any atom is -0.436 e. The standard InChI is InChI=1S/C9H21BO8S/c1-3(12)5(14)9(18-19)7(16)6(15)8(17-10)4(13)2-11/h3-9,11-16,19H,2,10H2,1H3. The van der Waals surface area contributed by atoms with Crippen LogP contribution in [0.1, 0.15) is 6.92 Å². The highest BCUT2D eigenvalue weighted by Crippen LogP contribution is 2.18. The van der Waals surface area contributed by atoms with Crippen molar-refractivity contribution in [3.63, 3.8) is 0 Å². The van der Waals surface area contributed by atoms with Crippen LogP contribution in [-0.2, 0) is 8.84 Å². The smallest absolute Gasteiger partial charge is 0.257 e. The second-order valence-electron chi connectivity index (χ2n) is 4.23. The van der Waals surface area contributed by atoms with Crippen LogP contribution in [0.15, 0.2) is 0 Å². The van der Waals surface area contributed by atoms with Gasteiger partial charge in [-0.25, -0.2) is 0 Å². The van der Waals surface area contributed by atoms with Gasteiger partial charge in [-0.05, 0) is 19.8 Å². The predicted octanol–water partition coefficient (Wildman–Crippen LogP) is -4.03. The summed E-state index contributed by atoms with van der Waals surface area (Å²) in [6, 6.07) is 0. The van der Waals surface area contributed by atoms with Gasteiger partial charge in [-0.1, -0.05) is 0 Å². The highest BCUT2D eigenvalue weighted by Gasteiger charge is 2.40. The molecule has 7 atom stereocenters. The number of rotatable bonds is 9. The Balaban J connectivity index is 4.88. The molecule has 7 unspecified atom stereocenters. The molecule has 19 heavy (non-hydrogen) atoms. The fraction of sp³-hybridized carbons (Fsp3) is 1.00. The van der Waals surface area contributed by atoms with Crippen LogP contribution in [0.25, 0.3) is 0 Å². The van der Waals surface area contributed by atoms with Crippen LogP contribution in [0.4, 0.5) is 0 Å². The van der Waals surface area contributed by atoms with Crippen molar-refractivity contribution in [1.29, 1.82) is 0 Å². The van der Waals surface area contributed by atoms with E-state index in [1.807, 2.05) is 0 Å². The third kappa shape index (κ3) is 5.18. The van der Waals surface area contributed by atoms with E-state index in [1.54, 1.807) is 0 Å². The Labute approximate surface area is 117 Å². The van der Waals surface area contributed by atoms with Crippen molar-refractivity contribution in [3.8, 4) is 0 Å². The molecular formula is C9H21BO8S. The molecule has 0 saturated heterocycles. The van der Waals surface area contributed by atoms with Crippen molar-refractivity contribution in [2.75, 3.05) is 6.61 Å². The summed E-state index contributed by atoms with van der Waals surface area (Å²) in [5.41, 5.74) is 0.